The number of nitrogen functional groups attached to an aromatic ring is 1. The Morgan fingerprint density at radius 3 is 2.38 bits per heavy atom. The van der Waals surface area contributed by atoms with Gasteiger partial charge in [0, 0.05) is 100 Å². The number of likely N-dealkylation sites (tertiary alicyclic amines) is 2. The number of benzene rings is 2. The summed E-state index contributed by atoms with van der Waals surface area (Å²) in [5.74, 6) is -2.86. The van der Waals surface area contributed by atoms with Crippen LogP contribution in [-0.4, -0.2) is 146 Å². The van der Waals surface area contributed by atoms with E-state index >= 15 is 8.78 Å². The number of hydrogen-bond acceptors (Lipinski definition) is 17. The van der Waals surface area contributed by atoms with E-state index in [2.05, 4.69) is 45.3 Å². The zero-order chi connectivity index (χ0) is 54.4. The molecule has 0 radical (unpaired) electrons. The fourth-order valence-electron chi connectivity index (χ4n) is 12.4. The number of alkyl halides is 2. The Kier molecular flexibility index (Phi) is 15.0. The molecule has 5 aliphatic heterocycles. The molecule has 5 aliphatic rings. The van der Waals surface area contributed by atoms with Gasteiger partial charge in [-0.3, -0.25) is 14.5 Å². The van der Waals surface area contributed by atoms with Crippen LogP contribution in [0.1, 0.15) is 88.3 Å². The highest BCUT2D eigenvalue weighted by atomic mass is 32.1. The van der Waals surface area contributed by atoms with E-state index in [1.807, 2.05) is 80.6 Å². The molecule has 412 valence electrons. The molecule has 4 aromatic heterocycles. The maximum Gasteiger partial charge on any atom is 0.296 e. The van der Waals surface area contributed by atoms with Crippen LogP contribution in [-0.2, 0) is 9.59 Å². The Hall–Kier alpha value is -6.97. The van der Waals surface area contributed by atoms with E-state index in [9.17, 15) is 19.8 Å². The summed E-state index contributed by atoms with van der Waals surface area (Å²) in [6.45, 7) is 11.0. The summed E-state index contributed by atoms with van der Waals surface area (Å²) in [6, 6.07) is 21.5. The van der Waals surface area contributed by atoms with Crippen LogP contribution in [0.4, 0.5) is 31.8 Å². The number of piperazine rings is 1. The van der Waals surface area contributed by atoms with Gasteiger partial charge in [0.15, 0.2) is 23.5 Å². The molecule has 5 N–H and O–H groups in total. The fraction of sp³-hybridized carbons (Fsp3) is 0.491. The van der Waals surface area contributed by atoms with Crippen molar-refractivity contribution in [3.05, 3.63) is 102 Å². The van der Waals surface area contributed by atoms with Crippen molar-refractivity contribution >= 4 is 46.2 Å². The summed E-state index contributed by atoms with van der Waals surface area (Å²) >= 11 is 1.58. The minimum atomic E-state index is -3.10. The van der Waals surface area contributed by atoms with Gasteiger partial charge in [-0.25, -0.2) is 18.7 Å². The zero-order valence-corrected chi connectivity index (χ0v) is 45.2. The van der Waals surface area contributed by atoms with E-state index in [-0.39, 0.29) is 72.8 Å². The van der Waals surface area contributed by atoms with Crippen LogP contribution in [0.2, 0.25) is 0 Å². The maximum atomic E-state index is 16.0. The number of amides is 2. The van der Waals surface area contributed by atoms with E-state index in [0.717, 1.165) is 58.8 Å². The normalized spacial score (nSPS) is 23.5. The van der Waals surface area contributed by atoms with E-state index < -0.39 is 36.6 Å². The molecule has 6 aromatic rings. The van der Waals surface area contributed by atoms with Crippen molar-refractivity contribution in [3.8, 4) is 33.3 Å². The molecule has 2 amide bonds. The van der Waals surface area contributed by atoms with Crippen molar-refractivity contribution in [2.75, 3.05) is 72.8 Å². The van der Waals surface area contributed by atoms with Crippen molar-refractivity contribution in [1.29, 1.82) is 0 Å². The third kappa shape index (κ3) is 10.9. The van der Waals surface area contributed by atoms with Crippen molar-refractivity contribution < 1.29 is 37.8 Å². The number of carbonyl (C=O) groups is 2. The topological polar surface area (TPSA) is 216 Å². The summed E-state index contributed by atoms with van der Waals surface area (Å²) in [7, 11) is 0. The van der Waals surface area contributed by atoms with E-state index in [1.165, 1.54) is 4.90 Å². The summed E-state index contributed by atoms with van der Waals surface area (Å²) in [5.41, 5.74) is 13.9. The third-order valence-corrected chi connectivity index (χ3v) is 17.5. The second kappa shape index (κ2) is 22.0. The van der Waals surface area contributed by atoms with Crippen LogP contribution in [0.25, 0.3) is 21.7 Å². The molecule has 2 unspecified atom stereocenters. The number of rotatable bonds is 15. The molecule has 78 heavy (non-hydrogen) atoms. The standard InChI is InChI=1S/C57H68F2N12O6S/c1-33(2)52(56(75)70-30-42(72)24-46(70)55(74)63-34(3)37-9-11-38(12-10-37)53-35(4)62-32-78-53)48-26-50(66-77-48)68-21-16-36(17-22-68)27-67-20-18-49(57(58,59)31-67)76-51-23-39(15-19-61-51)71-40-13-14-41(71)29-69(28-40)45-25-44(64-65-54(45)60)43-7-5-6-8-47(43)73/h5-12,15,19,23,25-26,32-34,36,40-42,46,49,52,72-73H,13-14,16-18,20-22,24,27-31H2,1-4H3,(H2,60,65)(H,63,74)/t34-,40?,41?,42+,46+,49-,52+/m0/s1. The average Bonchev–Trinajstić information content (AvgIpc) is 4.34. The number of halogens is 2. The molecular weight excluding hydrogens is 1020 g/mol. The predicted octanol–water partition coefficient (Wildman–Crippen LogP) is 7.69. The van der Waals surface area contributed by atoms with Gasteiger partial charge in [0.1, 0.15) is 17.7 Å². The van der Waals surface area contributed by atoms with Gasteiger partial charge in [-0.05, 0) is 86.8 Å². The van der Waals surface area contributed by atoms with Gasteiger partial charge in [0.25, 0.3) is 5.92 Å². The number of pyridine rings is 1. The lowest BCUT2D eigenvalue weighted by atomic mass is 9.91. The van der Waals surface area contributed by atoms with Crippen LogP contribution in [0, 0.1) is 18.8 Å². The number of para-hydroxylation sites is 1. The van der Waals surface area contributed by atoms with Crippen molar-refractivity contribution in [2.45, 2.75) is 114 Å². The first-order valence-electron chi connectivity index (χ1n) is 27.3. The lowest BCUT2D eigenvalue weighted by Gasteiger charge is -2.43. The van der Waals surface area contributed by atoms with Crippen molar-refractivity contribution in [3.63, 3.8) is 0 Å². The molecule has 21 heteroatoms. The number of aryl methyl sites for hydroxylation is 1. The monoisotopic (exact) mass is 1090 g/mol. The fourth-order valence-corrected chi connectivity index (χ4v) is 13.3. The number of aromatic hydroxyl groups is 1. The SMILES string of the molecule is Cc1ncsc1-c1ccc([C@H](C)NC(=O)[C@H]2C[C@@H](O)CN2C(=O)[C@@H](c2cc(N3CCC(CN4CC[C@H](Oc5cc(N6C7CCC6CN(c6cc(-c8ccccc8O)nnc6N)C7)ccn5)C(F)(F)C4)CC3)no2)C(C)C)cc1. The van der Waals surface area contributed by atoms with Gasteiger partial charge in [-0.2, -0.15) is 0 Å². The summed E-state index contributed by atoms with van der Waals surface area (Å²) in [5, 5.41) is 37.2. The number of ether oxygens (including phenoxy) is 1. The molecule has 0 saturated carbocycles. The molecule has 7 atom stereocenters. The Morgan fingerprint density at radius 1 is 0.923 bits per heavy atom. The van der Waals surface area contributed by atoms with Crippen LogP contribution >= 0.6 is 11.3 Å². The zero-order valence-electron chi connectivity index (χ0n) is 44.4. The number of anilines is 4. The molecule has 2 aromatic carbocycles. The number of aliphatic hydroxyl groups is 1. The molecular formula is C57H68F2N12O6S. The first-order chi connectivity index (χ1) is 37.6. The van der Waals surface area contributed by atoms with Gasteiger partial charge in [0.2, 0.25) is 17.7 Å². The van der Waals surface area contributed by atoms with Crippen LogP contribution in [0.5, 0.6) is 11.6 Å². The van der Waals surface area contributed by atoms with Crippen molar-refractivity contribution in [2.24, 2.45) is 11.8 Å². The minimum absolute atomic E-state index is 0.0314. The summed E-state index contributed by atoms with van der Waals surface area (Å²) < 4.78 is 44.0. The second-order valence-electron chi connectivity index (χ2n) is 22.2. The molecule has 11 rings (SSSR count). The number of fused-ring (bicyclic) bond motifs is 2. The maximum absolute atomic E-state index is 16.0. The number of nitrogens with two attached hydrogens (primary N) is 1. The van der Waals surface area contributed by atoms with Gasteiger partial charge in [-0.1, -0.05) is 55.4 Å². The first-order valence-corrected chi connectivity index (χ1v) is 28.1. The number of carbonyl (C=O) groups excluding carboxylic acids is 2. The van der Waals surface area contributed by atoms with Gasteiger partial charge in [0.05, 0.1) is 46.2 Å². The van der Waals surface area contributed by atoms with Crippen LogP contribution in [0.3, 0.4) is 0 Å². The van der Waals surface area contributed by atoms with Crippen LogP contribution < -0.4 is 30.5 Å². The Morgan fingerprint density at radius 2 is 1.68 bits per heavy atom. The average molecular weight is 1090 g/mol. The quantitative estimate of drug-likeness (QED) is 0.0776. The van der Waals surface area contributed by atoms with Gasteiger partial charge in [-0.15, -0.1) is 21.5 Å². The van der Waals surface area contributed by atoms with E-state index in [0.29, 0.717) is 67.9 Å². The number of nitrogens with zero attached hydrogens (tertiary/aromatic N) is 10. The third-order valence-electron chi connectivity index (χ3n) is 16.5. The molecule has 5 saturated heterocycles. The first kappa shape index (κ1) is 53.1. The highest BCUT2D eigenvalue weighted by Gasteiger charge is 2.48. The number of aromatic nitrogens is 5. The molecule has 0 spiro atoms. The predicted molar refractivity (Wildman–Crippen MR) is 294 cm³/mol. The van der Waals surface area contributed by atoms with Crippen LogP contribution in [0.15, 0.2) is 89.0 Å². The number of piperidine rings is 2. The largest absolute Gasteiger partial charge is 0.507 e. The highest BCUT2D eigenvalue weighted by molar-refractivity contribution is 7.13. The Bertz CT molecular complexity index is 3080. The number of phenolic OH excluding ortho intramolecular Hbond substituents is 1. The number of thiazole rings is 1. The van der Waals surface area contributed by atoms with Gasteiger partial charge < -0.3 is 50.1 Å². The summed E-state index contributed by atoms with van der Waals surface area (Å²) in [4.78, 5) is 48.1. The second-order valence-corrected chi connectivity index (χ2v) is 23.1. The lowest BCUT2D eigenvalue weighted by molar-refractivity contribution is -0.142. The lowest BCUT2D eigenvalue weighted by Crippen LogP contribution is -2.55. The Labute approximate surface area is 456 Å². The summed E-state index contributed by atoms with van der Waals surface area (Å²) in [6.07, 6.45) is 3.20. The molecule has 9 heterocycles. The number of aliphatic hydroxyl groups excluding tert-OH is 1. The van der Waals surface area contributed by atoms with E-state index in [4.69, 9.17) is 15.0 Å². The number of hydrogen-bond donors (Lipinski definition) is 4. The van der Waals surface area contributed by atoms with E-state index in [1.54, 1.807) is 47.9 Å². The van der Waals surface area contributed by atoms with Crippen molar-refractivity contribution in [1.82, 2.24) is 40.4 Å². The number of phenols is 1. The molecule has 18 nitrogen and oxygen atoms in total. The smallest absolute Gasteiger partial charge is 0.296 e. The molecule has 2 bridgehead atoms. The van der Waals surface area contributed by atoms with Gasteiger partial charge >= 0.3 is 0 Å². The molecule has 5 fully saturated rings. The molecule has 0 aliphatic carbocycles. The Balaban J connectivity index is 0.657. The highest BCUT2D eigenvalue weighted by Crippen LogP contribution is 2.41. The minimum Gasteiger partial charge on any atom is -0.507 e. The number of β-amino-alcohol motifs (C(OH)–C–C–N with tert-alkyl or cyclic N) is 1. The number of nitrogens with one attached hydrogen (secondary N) is 1.